The molecular weight excluding hydrogens is 832 g/mol. The predicted octanol–water partition coefficient (Wildman–Crippen LogP) is 13.1. The number of hydrogen-bond acceptors (Lipinski definition) is 3. The van der Waals surface area contributed by atoms with E-state index in [4.69, 9.17) is 15.4 Å². The predicted molar refractivity (Wildman–Crippen MR) is 213 cm³/mol. The van der Waals surface area contributed by atoms with Gasteiger partial charge in [-0.2, -0.15) is 18.6 Å². The quantitative estimate of drug-likeness (QED) is 0.162. The minimum absolute atomic E-state index is 0. The Hall–Kier alpha value is -5.35. The molecule has 8 aromatic rings. The maximum Gasteiger partial charge on any atom is 0.123 e. The molecule has 1 radical (unpaired) electrons. The van der Waals surface area contributed by atoms with Crippen LogP contribution in [0.2, 0.25) is 0 Å². The number of aromatic nitrogens is 2. The fourth-order valence-corrected chi connectivity index (χ4v) is 6.11. The molecule has 8 rings (SSSR count). The van der Waals surface area contributed by atoms with Crippen LogP contribution in [0, 0.1) is 37.9 Å². The number of halogens is 1. The number of benzene rings is 5. The smallest absolute Gasteiger partial charge is 0.123 e. The summed E-state index contributed by atoms with van der Waals surface area (Å²) in [4.78, 5) is 8.81. The van der Waals surface area contributed by atoms with Crippen LogP contribution in [0.25, 0.3) is 66.7 Å². The molecule has 0 aliphatic rings. The van der Waals surface area contributed by atoms with E-state index in [1.54, 1.807) is 18.3 Å². The number of aryl methyl sites for hydroxylation is 2. The van der Waals surface area contributed by atoms with Crippen molar-refractivity contribution < 1.29 is 39.9 Å². The number of pyridine rings is 2. The first-order valence-electron chi connectivity index (χ1n) is 20.8. The topological polar surface area (TPSA) is 38.9 Å². The monoisotopic (exact) mass is 881 g/mol. The minimum Gasteiger partial charge on any atom is -0.501 e. The van der Waals surface area contributed by atoms with Crippen molar-refractivity contribution in [2.45, 2.75) is 40.8 Å². The summed E-state index contributed by atoms with van der Waals surface area (Å²) in [6.07, 6.45) is 1.65. The van der Waals surface area contributed by atoms with E-state index in [1.807, 2.05) is 87.5 Å². The molecule has 0 saturated carbocycles. The van der Waals surface area contributed by atoms with Gasteiger partial charge in [0, 0.05) is 54.5 Å². The van der Waals surface area contributed by atoms with Gasteiger partial charge in [0.05, 0.1) is 5.58 Å². The molecule has 0 amide bonds. The van der Waals surface area contributed by atoms with Gasteiger partial charge in [0.15, 0.2) is 0 Å². The molecule has 0 fully saturated rings. The zero-order valence-corrected chi connectivity index (χ0v) is 31.8. The second-order valence-electron chi connectivity index (χ2n) is 13.6. The number of para-hydroxylation sites is 1. The summed E-state index contributed by atoms with van der Waals surface area (Å²) < 4.78 is 82.3. The Balaban J connectivity index is 0.000000203. The summed E-state index contributed by atoms with van der Waals surface area (Å²) in [5, 5.41) is 2.13. The molecule has 0 saturated heterocycles. The molecule has 0 N–H and O–H groups in total. The van der Waals surface area contributed by atoms with Gasteiger partial charge in [-0.3, -0.25) is 4.98 Å². The SMILES string of the molecule is [2H]C([2H])([2H])c1ccc(-c2cc(-c3ccc(F)cc3)c(C([2H])([2H])[2H])cc2[CH2-])nc1.[2H]C([2H])(c1ccc(-c2ccnc(-c3[c-]ccc4c3oc3ccccc34)c2)cc1)C(C)(C)C.[Ir]. The molecule has 0 unspecified atom stereocenters. The van der Waals surface area contributed by atoms with E-state index >= 15 is 0 Å². The first-order chi connectivity index (χ1) is 28.2. The molecule has 3 heterocycles. The van der Waals surface area contributed by atoms with Gasteiger partial charge in [-0.25, -0.2) is 4.39 Å². The Labute approximate surface area is 336 Å². The van der Waals surface area contributed by atoms with Crippen LogP contribution in [0.4, 0.5) is 4.39 Å². The maximum atomic E-state index is 13.3. The molecule has 0 spiro atoms. The summed E-state index contributed by atoms with van der Waals surface area (Å²) >= 11 is 0. The van der Waals surface area contributed by atoms with Crippen molar-refractivity contribution in [3.05, 3.63) is 175 Å². The average molecular weight is 881 g/mol. The first-order valence-corrected chi connectivity index (χ1v) is 16.8. The van der Waals surface area contributed by atoms with Crippen LogP contribution in [0.1, 0.15) is 54.0 Å². The standard InChI is InChI=1S/C28H24NO.C20H17FN.Ir/c1-28(2,3)18-19-11-13-20(14-12-19)21-15-16-29-25(17-21)24-9-6-8-23-22-7-4-5-10-26(22)30-27(23)24;1-13-4-9-20(22-12-13)19-11-18(14(2)10-15(19)3)16-5-7-17(21)8-6-16;/h4-8,10-17H,18H2,1-3H3;4-12H,3H2,1-2H3;/q2*-1;/i18D2;1D3,2D3;. The van der Waals surface area contributed by atoms with Gasteiger partial charge in [-0.1, -0.05) is 111 Å². The van der Waals surface area contributed by atoms with Crippen LogP contribution >= 0.6 is 0 Å². The van der Waals surface area contributed by atoms with Crippen LogP contribution in [-0.4, -0.2) is 9.97 Å². The van der Waals surface area contributed by atoms with Gasteiger partial charge in [-0.05, 0) is 88.0 Å². The molecule has 53 heavy (non-hydrogen) atoms. The van der Waals surface area contributed by atoms with Crippen LogP contribution in [-0.2, 0) is 26.5 Å². The number of fused-ring (bicyclic) bond motifs is 3. The molecule has 0 aliphatic carbocycles. The van der Waals surface area contributed by atoms with Crippen LogP contribution in [0.5, 0.6) is 0 Å². The second-order valence-corrected chi connectivity index (χ2v) is 13.6. The van der Waals surface area contributed by atoms with Gasteiger partial charge >= 0.3 is 0 Å². The van der Waals surface area contributed by atoms with Gasteiger partial charge in [0.25, 0.3) is 0 Å². The Morgan fingerprint density at radius 2 is 1.55 bits per heavy atom. The van der Waals surface area contributed by atoms with Crippen molar-refractivity contribution in [3.63, 3.8) is 0 Å². The minimum atomic E-state index is -2.38. The van der Waals surface area contributed by atoms with Gasteiger partial charge in [-0.15, -0.1) is 29.8 Å². The van der Waals surface area contributed by atoms with Crippen LogP contribution in [0.3, 0.4) is 0 Å². The molecule has 3 nitrogen and oxygen atoms in total. The molecule has 267 valence electrons. The number of furan rings is 1. The van der Waals surface area contributed by atoms with Gasteiger partial charge in [0.1, 0.15) is 11.4 Å². The summed E-state index contributed by atoms with van der Waals surface area (Å²) in [6.45, 7) is 5.05. The van der Waals surface area contributed by atoms with E-state index in [9.17, 15) is 4.39 Å². The molecular formula is C48H41FIrN2O-2. The number of rotatable bonds is 5. The van der Waals surface area contributed by atoms with Crippen LogP contribution in [0.15, 0.2) is 138 Å². The molecule has 0 bridgehead atoms. The van der Waals surface area contributed by atoms with E-state index < -0.39 is 31.3 Å². The van der Waals surface area contributed by atoms with Crippen molar-refractivity contribution in [3.8, 4) is 44.8 Å². The van der Waals surface area contributed by atoms with E-state index in [0.29, 0.717) is 33.5 Å². The van der Waals surface area contributed by atoms with E-state index in [0.717, 1.165) is 44.3 Å². The fraction of sp³-hybridized carbons (Fsp3) is 0.146. The van der Waals surface area contributed by atoms with Gasteiger partial charge < -0.3 is 9.40 Å². The maximum absolute atomic E-state index is 13.3. The third-order valence-electron chi connectivity index (χ3n) is 8.53. The zero-order chi connectivity index (χ0) is 43.2. The summed E-state index contributed by atoms with van der Waals surface area (Å²) in [5.41, 5.74) is 8.16. The Morgan fingerprint density at radius 3 is 2.26 bits per heavy atom. The van der Waals surface area contributed by atoms with Gasteiger partial charge in [0.2, 0.25) is 0 Å². The largest absolute Gasteiger partial charge is 0.501 e. The van der Waals surface area contributed by atoms with Crippen molar-refractivity contribution in [2.75, 3.05) is 0 Å². The first kappa shape index (κ1) is 28.2. The number of hydrogen-bond donors (Lipinski definition) is 0. The molecule has 0 atom stereocenters. The van der Waals surface area contributed by atoms with E-state index in [-0.39, 0.29) is 31.2 Å². The third kappa shape index (κ3) is 8.49. The molecule has 0 aliphatic heterocycles. The molecule has 5 heteroatoms. The second kappa shape index (κ2) is 15.7. The zero-order valence-electron chi connectivity index (χ0n) is 37.4. The summed E-state index contributed by atoms with van der Waals surface area (Å²) in [7, 11) is 0. The average Bonchev–Trinajstić information content (AvgIpc) is 3.59. The van der Waals surface area contributed by atoms with E-state index in [2.05, 4.69) is 29.0 Å². The number of nitrogens with zero attached hydrogens (tertiary/aromatic N) is 2. The van der Waals surface area contributed by atoms with E-state index in [1.165, 1.54) is 42.6 Å². The normalized spacial score (nSPS) is 14.2. The Morgan fingerprint density at radius 1 is 0.774 bits per heavy atom. The third-order valence-corrected chi connectivity index (χ3v) is 8.53. The summed E-state index contributed by atoms with van der Waals surface area (Å²) in [6, 6.07) is 38.7. The van der Waals surface area contributed by atoms with Crippen molar-refractivity contribution >= 4 is 21.9 Å². The summed E-state index contributed by atoms with van der Waals surface area (Å²) in [5.74, 6) is -0.421. The fourth-order valence-electron chi connectivity index (χ4n) is 6.11. The Bertz CT molecular complexity index is 2810. The van der Waals surface area contributed by atoms with Crippen LogP contribution < -0.4 is 0 Å². The van der Waals surface area contributed by atoms with Crippen molar-refractivity contribution in [1.29, 1.82) is 0 Å². The van der Waals surface area contributed by atoms with Crippen molar-refractivity contribution in [1.82, 2.24) is 9.97 Å². The molecule has 3 aromatic heterocycles. The Kier molecular flexibility index (Phi) is 8.36. The van der Waals surface area contributed by atoms with Crippen molar-refractivity contribution in [2.24, 2.45) is 5.41 Å². The molecule has 5 aromatic carbocycles.